The van der Waals surface area contributed by atoms with E-state index in [9.17, 15) is 5.11 Å². The van der Waals surface area contributed by atoms with Gasteiger partial charge in [0.15, 0.2) is 0 Å². The molecule has 2 heteroatoms. The highest BCUT2D eigenvalue weighted by Crippen LogP contribution is 2.41. The Morgan fingerprint density at radius 1 is 1.23 bits per heavy atom. The number of hydrogen-bond donors (Lipinski definition) is 1. The van der Waals surface area contributed by atoms with Crippen molar-refractivity contribution in [1.82, 2.24) is 0 Å². The molecular weight excluding hydrogens is 164 g/mol. The molecule has 0 saturated heterocycles. The summed E-state index contributed by atoms with van der Waals surface area (Å²) in [6.07, 6.45) is 8.61. The Morgan fingerprint density at radius 3 is 2.46 bits per heavy atom. The second-order valence-electron chi connectivity index (χ2n) is 4.32. The van der Waals surface area contributed by atoms with E-state index in [-0.39, 0.29) is 5.41 Å². The van der Waals surface area contributed by atoms with Crippen molar-refractivity contribution >= 4 is 0 Å². The first-order valence-electron chi connectivity index (χ1n) is 5.43. The Bertz CT molecular complexity index is 128. The van der Waals surface area contributed by atoms with Crippen LogP contribution in [0.4, 0.5) is 0 Å². The van der Waals surface area contributed by atoms with Gasteiger partial charge in [-0.3, -0.25) is 0 Å². The van der Waals surface area contributed by atoms with E-state index in [0.29, 0.717) is 6.61 Å². The molecule has 78 valence electrons. The predicted octanol–water partition coefficient (Wildman–Crippen LogP) is 2.36. The van der Waals surface area contributed by atoms with Crippen LogP contribution in [0.5, 0.6) is 0 Å². The lowest BCUT2D eigenvalue weighted by Gasteiger charge is -2.26. The molecule has 0 aromatic heterocycles. The van der Waals surface area contributed by atoms with Crippen molar-refractivity contribution < 1.29 is 9.84 Å². The Balaban J connectivity index is 2.16. The Hall–Kier alpha value is -0.0800. The maximum Gasteiger partial charge on any atom is 0.0487 e. The van der Waals surface area contributed by atoms with E-state index in [1.165, 1.54) is 38.5 Å². The van der Waals surface area contributed by atoms with E-state index in [2.05, 4.69) is 0 Å². The first-order valence-corrected chi connectivity index (χ1v) is 5.43. The number of methoxy groups -OCH3 is 1. The number of ether oxygens (including phenoxy) is 1. The van der Waals surface area contributed by atoms with E-state index in [1.54, 1.807) is 7.11 Å². The lowest BCUT2D eigenvalue weighted by molar-refractivity contribution is 0.112. The van der Waals surface area contributed by atoms with Crippen molar-refractivity contribution in [2.45, 2.75) is 44.9 Å². The average Bonchev–Trinajstić information content (AvgIpc) is 2.62. The fraction of sp³-hybridized carbons (Fsp3) is 1.00. The zero-order valence-electron chi connectivity index (χ0n) is 8.72. The molecule has 0 amide bonds. The predicted molar refractivity (Wildman–Crippen MR) is 53.7 cm³/mol. The summed E-state index contributed by atoms with van der Waals surface area (Å²) in [6, 6.07) is 0. The fourth-order valence-electron chi connectivity index (χ4n) is 2.36. The zero-order valence-corrected chi connectivity index (χ0v) is 8.72. The molecule has 0 radical (unpaired) electrons. The number of unbranched alkanes of at least 4 members (excludes halogenated alkanes) is 1. The van der Waals surface area contributed by atoms with Crippen LogP contribution in [0.1, 0.15) is 44.9 Å². The second-order valence-corrected chi connectivity index (χ2v) is 4.32. The van der Waals surface area contributed by atoms with Crippen LogP contribution in [-0.2, 0) is 4.74 Å². The highest BCUT2D eigenvalue weighted by atomic mass is 16.5. The van der Waals surface area contributed by atoms with E-state index in [4.69, 9.17) is 4.74 Å². The first kappa shape index (κ1) is 11.0. The van der Waals surface area contributed by atoms with Crippen molar-refractivity contribution in [3.63, 3.8) is 0 Å². The van der Waals surface area contributed by atoms with Gasteiger partial charge in [-0.1, -0.05) is 19.3 Å². The quantitative estimate of drug-likeness (QED) is 0.645. The van der Waals surface area contributed by atoms with Crippen molar-refractivity contribution in [2.75, 3.05) is 20.3 Å². The summed E-state index contributed by atoms with van der Waals surface area (Å²) < 4.78 is 5.01. The maximum absolute atomic E-state index is 9.34. The van der Waals surface area contributed by atoms with Crippen molar-refractivity contribution in [2.24, 2.45) is 5.41 Å². The van der Waals surface area contributed by atoms with Crippen molar-refractivity contribution in [3.05, 3.63) is 0 Å². The summed E-state index contributed by atoms with van der Waals surface area (Å²) in [5, 5.41) is 9.34. The van der Waals surface area contributed by atoms with Gasteiger partial charge in [0.25, 0.3) is 0 Å². The van der Waals surface area contributed by atoms with Gasteiger partial charge in [-0.05, 0) is 31.1 Å². The minimum absolute atomic E-state index is 0.285. The summed E-state index contributed by atoms with van der Waals surface area (Å²) in [7, 11) is 1.75. The molecule has 13 heavy (non-hydrogen) atoms. The van der Waals surface area contributed by atoms with Crippen LogP contribution in [0.15, 0.2) is 0 Å². The van der Waals surface area contributed by atoms with Crippen molar-refractivity contribution in [1.29, 1.82) is 0 Å². The van der Waals surface area contributed by atoms with Gasteiger partial charge in [0.1, 0.15) is 0 Å². The molecule has 0 spiro atoms. The van der Waals surface area contributed by atoms with Crippen LogP contribution < -0.4 is 0 Å². The van der Waals surface area contributed by atoms with E-state index in [1.807, 2.05) is 0 Å². The van der Waals surface area contributed by atoms with Crippen LogP contribution >= 0.6 is 0 Å². The van der Waals surface area contributed by atoms with E-state index < -0.39 is 0 Å². The number of aliphatic hydroxyl groups is 1. The number of aliphatic hydroxyl groups excluding tert-OH is 1. The highest BCUT2D eigenvalue weighted by molar-refractivity contribution is 4.83. The highest BCUT2D eigenvalue weighted by Gasteiger charge is 2.32. The molecule has 0 aliphatic heterocycles. The minimum Gasteiger partial charge on any atom is -0.396 e. The number of rotatable bonds is 6. The molecule has 1 aliphatic carbocycles. The van der Waals surface area contributed by atoms with Crippen LogP contribution in [0.2, 0.25) is 0 Å². The molecular formula is C11H22O2. The molecule has 0 heterocycles. The second kappa shape index (κ2) is 5.61. The fourth-order valence-corrected chi connectivity index (χ4v) is 2.36. The summed E-state index contributed by atoms with van der Waals surface area (Å²) >= 11 is 0. The molecule has 2 nitrogen and oxygen atoms in total. The lowest BCUT2D eigenvalue weighted by atomic mass is 9.82. The van der Waals surface area contributed by atoms with E-state index >= 15 is 0 Å². The molecule has 0 aromatic rings. The van der Waals surface area contributed by atoms with Crippen LogP contribution in [0.3, 0.4) is 0 Å². The standard InChI is InChI=1S/C11H22O2/c1-13-9-5-4-8-11(10-12)6-2-3-7-11/h12H,2-10H2,1H3. The molecule has 0 bridgehead atoms. The Morgan fingerprint density at radius 2 is 1.92 bits per heavy atom. The molecule has 0 aromatic carbocycles. The SMILES string of the molecule is COCCCCC1(CO)CCCC1. The van der Waals surface area contributed by atoms with Gasteiger partial charge < -0.3 is 9.84 Å². The molecule has 1 rings (SSSR count). The smallest absolute Gasteiger partial charge is 0.0487 e. The van der Waals surface area contributed by atoms with Gasteiger partial charge in [0.2, 0.25) is 0 Å². The molecule has 1 saturated carbocycles. The largest absolute Gasteiger partial charge is 0.396 e. The van der Waals surface area contributed by atoms with Crippen LogP contribution in [-0.4, -0.2) is 25.4 Å². The monoisotopic (exact) mass is 186 g/mol. The van der Waals surface area contributed by atoms with Gasteiger partial charge >= 0.3 is 0 Å². The van der Waals surface area contributed by atoms with E-state index in [0.717, 1.165) is 13.0 Å². The summed E-state index contributed by atoms with van der Waals surface area (Å²) in [4.78, 5) is 0. The Labute approximate surface area is 81.3 Å². The topological polar surface area (TPSA) is 29.5 Å². The maximum atomic E-state index is 9.34. The van der Waals surface area contributed by atoms with Gasteiger partial charge in [-0.15, -0.1) is 0 Å². The summed E-state index contributed by atoms with van der Waals surface area (Å²) in [6.45, 7) is 1.25. The third kappa shape index (κ3) is 3.28. The average molecular weight is 186 g/mol. The molecule has 1 aliphatic rings. The van der Waals surface area contributed by atoms with Gasteiger partial charge in [-0.25, -0.2) is 0 Å². The van der Waals surface area contributed by atoms with Gasteiger partial charge in [0.05, 0.1) is 0 Å². The van der Waals surface area contributed by atoms with Gasteiger partial charge in [0, 0.05) is 20.3 Å². The van der Waals surface area contributed by atoms with Gasteiger partial charge in [-0.2, -0.15) is 0 Å². The molecule has 0 atom stereocenters. The molecule has 1 N–H and O–H groups in total. The van der Waals surface area contributed by atoms with Crippen LogP contribution in [0.25, 0.3) is 0 Å². The lowest BCUT2D eigenvalue weighted by Crippen LogP contribution is -2.21. The zero-order chi connectivity index (χ0) is 9.57. The third-order valence-corrected chi connectivity index (χ3v) is 3.31. The number of hydrogen-bond acceptors (Lipinski definition) is 2. The first-order chi connectivity index (χ1) is 6.33. The van der Waals surface area contributed by atoms with Crippen molar-refractivity contribution in [3.8, 4) is 0 Å². The Kier molecular flexibility index (Phi) is 4.74. The third-order valence-electron chi connectivity index (χ3n) is 3.31. The minimum atomic E-state index is 0.285. The molecule has 0 unspecified atom stereocenters. The normalized spacial score (nSPS) is 20.8. The summed E-state index contributed by atoms with van der Waals surface area (Å²) in [5.74, 6) is 0. The molecule has 1 fully saturated rings. The van der Waals surface area contributed by atoms with Crippen LogP contribution in [0, 0.1) is 5.41 Å². The summed E-state index contributed by atoms with van der Waals surface area (Å²) in [5.41, 5.74) is 0.285.